The van der Waals surface area contributed by atoms with Gasteiger partial charge in [0.05, 0.1) is 17.7 Å². The number of aliphatic hydroxyl groups excluding tert-OH is 1. The molecule has 0 aromatic heterocycles. The van der Waals surface area contributed by atoms with E-state index in [4.69, 9.17) is 5.73 Å². The van der Waals surface area contributed by atoms with Gasteiger partial charge in [-0.3, -0.25) is 4.79 Å². The predicted octanol–water partition coefficient (Wildman–Crippen LogP) is 0.143. The largest absolute Gasteiger partial charge is 0.391 e. The maximum absolute atomic E-state index is 11.5. The first-order valence-electron chi connectivity index (χ1n) is 5.19. The highest BCUT2D eigenvalue weighted by atomic mass is 16.3. The Hall–Kier alpha value is -0.610. The first kappa shape index (κ1) is 11.5. The molecule has 1 saturated carbocycles. The normalized spacial score (nSPS) is 28.6. The smallest absolute Gasteiger partial charge is 0.239 e. The molecule has 4 N–H and O–H groups in total. The van der Waals surface area contributed by atoms with E-state index in [9.17, 15) is 9.90 Å². The molecule has 1 aliphatic rings. The van der Waals surface area contributed by atoms with Crippen LogP contribution in [0.5, 0.6) is 0 Å². The zero-order valence-electron chi connectivity index (χ0n) is 8.92. The summed E-state index contributed by atoms with van der Waals surface area (Å²) in [6, 6.07) is -0.112. The maximum atomic E-state index is 11.5. The second kappa shape index (κ2) is 4.28. The van der Waals surface area contributed by atoms with E-state index in [2.05, 4.69) is 5.32 Å². The van der Waals surface area contributed by atoms with Crippen molar-refractivity contribution in [2.24, 2.45) is 5.73 Å². The fraction of sp³-hybridized carbons (Fsp3) is 0.900. The first-order valence-corrected chi connectivity index (χ1v) is 5.19. The first-order chi connectivity index (χ1) is 6.41. The van der Waals surface area contributed by atoms with Gasteiger partial charge in [-0.15, -0.1) is 0 Å². The fourth-order valence-electron chi connectivity index (χ4n) is 1.63. The molecule has 1 fully saturated rings. The molecular formula is C10H20N2O2. The zero-order chi connectivity index (χ0) is 10.8. The molecule has 0 bridgehead atoms. The Morgan fingerprint density at radius 1 is 1.43 bits per heavy atom. The van der Waals surface area contributed by atoms with Crippen molar-refractivity contribution in [2.75, 3.05) is 0 Å². The highest BCUT2D eigenvalue weighted by Crippen LogP contribution is 2.18. The van der Waals surface area contributed by atoms with E-state index < -0.39 is 11.6 Å². The summed E-state index contributed by atoms with van der Waals surface area (Å²) in [5.74, 6) is -0.191. The van der Waals surface area contributed by atoms with Gasteiger partial charge >= 0.3 is 0 Å². The lowest BCUT2D eigenvalue weighted by atomic mass is 9.92. The highest BCUT2D eigenvalue weighted by Gasteiger charge is 2.29. The average molecular weight is 200 g/mol. The molecule has 0 radical (unpaired) electrons. The molecule has 0 heterocycles. The van der Waals surface area contributed by atoms with Crippen molar-refractivity contribution in [1.82, 2.24) is 5.32 Å². The standard InChI is InChI=1S/C10H20N2O2/c1-10(2,11)9(14)12-7-5-3-4-6-8(7)13/h7-8,13H,3-6,11H2,1-2H3,(H,12,14)/t7-,8-/m1/s1. The van der Waals surface area contributed by atoms with Gasteiger partial charge in [-0.2, -0.15) is 0 Å². The van der Waals surface area contributed by atoms with Crippen LogP contribution in [0.3, 0.4) is 0 Å². The average Bonchev–Trinajstić information content (AvgIpc) is 2.07. The summed E-state index contributed by atoms with van der Waals surface area (Å²) < 4.78 is 0. The van der Waals surface area contributed by atoms with E-state index >= 15 is 0 Å². The molecule has 0 aliphatic heterocycles. The summed E-state index contributed by atoms with van der Waals surface area (Å²) in [5, 5.41) is 12.4. The maximum Gasteiger partial charge on any atom is 0.239 e. The van der Waals surface area contributed by atoms with Crippen LogP contribution in [0.25, 0.3) is 0 Å². The summed E-state index contributed by atoms with van der Waals surface area (Å²) in [6.07, 6.45) is 3.32. The summed E-state index contributed by atoms with van der Waals surface area (Å²) >= 11 is 0. The van der Waals surface area contributed by atoms with Gasteiger partial charge < -0.3 is 16.2 Å². The Balaban J connectivity index is 2.46. The highest BCUT2D eigenvalue weighted by molar-refractivity contribution is 5.85. The molecule has 4 heteroatoms. The van der Waals surface area contributed by atoms with Crippen LogP contribution in [0.4, 0.5) is 0 Å². The second-order valence-corrected chi connectivity index (χ2v) is 4.65. The van der Waals surface area contributed by atoms with Crippen molar-refractivity contribution >= 4 is 5.91 Å². The number of aliphatic hydroxyl groups is 1. The number of nitrogens with two attached hydrogens (primary N) is 1. The molecule has 0 aromatic rings. The zero-order valence-corrected chi connectivity index (χ0v) is 8.92. The third-order valence-corrected chi connectivity index (χ3v) is 2.63. The van der Waals surface area contributed by atoms with Gasteiger partial charge in [-0.05, 0) is 26.7 Å². The third-order valence-electron chi connectivity index (χ3n) is 2.63. The van der Waals surface area contributed by atoms with Crippen molar-refractivity contribution in [3.8, 4) is 0 Å². The lowest BCUT2D eigenvalue weighted by molar-refractivity contribution is -0.127. The van der Waals surface area contributed by atoms with Gasteiger partial charge in [0, 0.05) is 0 Å². The lowest BCUT2D eigenvalue weighted by Gasteiger charge is -2.30. The van der Waals surface area contributed by atoms with Gasteiger partial charge in [0.15, 0.2) is 0 Å². The van der Waals surface area contributed by atoms with Crippen LogP contribution in [-0.2, 0) is 4.79 Å². The number of hydrogen-bond donors (Lipinski definition) is 3. The quantitative estimate of drug-likeness (QED) is 0.593. The van der Waals surface area contributed by atoms with Crippen LogP contribution in [0.15, 0.2) is 0 Å². The number of nitrogens with one attached hydrogen (secondary N) is 1. The van der Waals surface area contributed by atoms with Gasteiger partial charge in [-0.25, -0.2) is 0 Å². The third kappa shape index (κ3) is 2.96. The van der Waals surface area contributed by atoms with Crippen molar-refractivity contribution < 1.29 is 9.90 Å². The van der Waals surface area contributed by atoms with E-state index in [-0.39, 0.29) is 11.9 Å². The molecule has 2 atom stereocenters. The van der Waals surface area contributed by atoms with Crippen molar-refractivity contribution in [2.45, 2.75) is 57.2 Å². The van der Waals surface area contributed by atoms with Gasteiger partial charge in [0.25, 0.3) is 0 Å². The predicted molar refractivity (Wildman–Crippen MR) is 54.7 cm³/mol. The Labute approximate surface area is 84.9 Å². The Kier molecular flexibility index (Phi) is 3.50. The van der Waals surface area contributed by atoms with E-state index in [1.54, 1.807) is 13.8 Å². The van der Waals surface area contributed by atoms with E-state index in [1.165, 1.54) is 0 Å². The molecule has 82 valence electrons. The monoisotopic (exact) mass is 200 g/mol. The van der Waals surface area contributed by atoms with Crippen molar-refractivity contribution in [3.05, 3.63) is 0 Å². The Morgan fingerprint density at radius 3 is 2.50 bits per heavy atom. The number of hydrogen-bond acceptors (Lipinski definition) is 3. The molecular weight excluding hydrogens is 180 g/mol. The minimum atomic E-state index is -0.864. The molecule has 0 aromatic carbocycles. The topological polar surface area (TPSA) is 75.4 Å². The van der Waals surface area contributed by atoms with Gasteiger partial charge in [-0.1, -0.05) is 12.8 Å². The van der Waals surface area contributed by atoms with Crippen LogP contribution in [-0.4, -0.2) is 28.7 Å². The molecule has 0 saturated heterocycles. The molecule has 14 heavy (non-hydrogen) atoms. The summed E-state index contributed by atoms with van der Waals surface area (Å²) in [6.45, 7) is 3.33. The Bertz CT molecular complexity index is 211. The number of rotatable bonds is 2. The number of carbonyl (C=O) groups excluding carboxylic acids is 1. The fourth-order valence-corrected chi connectivity index (χ4v) is 1.63. The molecule has 0 spiro atoms. The molecule has 0 unspecified atom stereocenters. The number of amides is 1. The van der Waals surface area contributed by atoms with Crippen LogP contribution in [0, 0.1) is 0 Å². The molecule has 1 rings (SSSR count). The molecule has 1 aliphatic carbocycles. The van der Waals surface area contributed by atoms with Gasteiger partial charge in [0.2, 0.25) is 5.91 Å². The van der Waals surface area contributed by atoms with E-state index in [0.29, 0.717) is 0 Å². The molecule has 4 nitrogen and oxygen atoms in total. The van der Waals surface area contributed by atoms with E-state index in [1.807, 2.05) is 0 Å². The van der Waals surface area contributed by atoms with Gasteiger partial charge in [0.1, 0.15) is 0 Å². The summed E-state index contributed by atoms with van der Waals surface area (Å²) in [4.78, 5) is 11.5. The summed E-state index contributed by atoms with van der Waals surface area (Å²) in [5.41, 5.74) is 4.78. The van der Waals surface area contributed by atoms with Crippen LogP contribution >= 0.6 is 0 Å². The van der Waals surface area contributed by atoms with Crippen molar-refractivity contribution in [1.29, 1.82) is 0 Å². The van der Waals surface area contributed by atoms with E-state index in [0.717, 1.165) is 25.7 Å². The minimum Gasteiger partial charge on any atom is -0.391 e. The number of carbonyl (C=O) groups is 1. The van der Waals surface area contributed by atoms with Crippen LogP contribution in [0.1, 0.15) is 39.5 Å². The summed E-state index contributed by atoms with van der Waals surface area (Å²) in [7, 11) is 0. The SMILES string of the molecule is CC(C)(N)C(=O)N[C@@H]1CCCC[C@H]1O. The Morgan fingerprint density at radius 2 is 2.00 bits per heavy atom. The van der Waals surface area contributed by atoms with Crippen LogP contribution < -0.4 is 11.1 Å². The minimum absolute atomic E-state index is 0.112. The van der Waals surface area contributed by atoms with Crippen molar-refractivity contribution in [3.63, 3.8) is 0 Å². The lowest BCUT2D eigenvalue weighted by Crippen LogP contribution is -2.55. The molecule has 1 amide bonds. The second-order valence-electron chi connectivity index (χ2n) is 4.65. The van der Waals surface area contributed by atoms with Crippen LogP contribution in [0.2, 0.25) is 0 Å².